The highest BCUT2D eigenvalue weighted by atomic mass is 35.5. The summed E-state index contributed by atoms with van der Waals surface area (Å²) in [6, 6.07) is 10.8. The number of piperidine rings is 1. The lowest BCUT2D eigenvalue weighted by molar-refractivity contribution is -0.136. The Morgan fingerprint density at radius 3 is 2.49 bits per heavy atom. The Bertz CT molecular complexity index is 1580. The zero-order valence-corrected chi connectivity index (χ0v) is 23.9. The summed E-state index contributed by atoms with van der Waals surface area (Å²) >= 11 is 12.4. The Morgan fingerprint density at radius 1 is 1.13 bits per heavy atom. The monoisotopic (exact) mass is 594 g/mol. The number of anilines is 1. The van der Waals surface area contributed by atoms with Crippen LogP contribution in [-0.4, -0.2) is 54.3 Å². The quantitative estimate of drug-likeness (QED) is 0.413. The van der Waals surface area contributed by atoms with Crippen molar-refractivity contribution >= 4 is 50.8 Å². The van der Waals surface area contributed by atoms with Crippen LogP contribution < -0.4 is 10.3 Å². The fourth-order valence-corrected chi connectivity index (χ4v) is 6.45. The van der Waals surface area contributed by atoms with E-state index in [4.69, 9.17) is 27.9 Å². The van der Waals surface area contributed by atoms with Crippen LogP contribution >= 0.6 is 23.2 Å². The first-order chi connectivity index (χ1) is 18.4. The number of hydrogen-bond acceptors (Lipinski definition) is 6. The summed E-state index contributed by atoms with van der Waals surface area (Å²) in [5.74, 6) is -0.966. The molecule has 1 N–H and O–H groups in total. The zero-order chi connectivity index (χ0) is 28.5. The van der Waals surface area contributed by atoms with Crippen molar-refractivity contribution in [3.8, 4) is 5.69 Å². The van der Waals surface area contributed by atoms with Gasteiger partial charge < -0.3 is 9.64 Å². The molecule has 1 unspecified atom stereocenters. The Labute approximate surface area is 236 Å². The van der Waals surface area contributed by atoms with E-state index < -0.39 is 33.1 Å². The maximum Gasteiger partial charge on any atom is 0.340 e. The smallest absolute Gasteiger partial charge is 0.340 e. The van der Waals surface area contributed by atoms with Crippen LogP contribution in [0.1, 0.15) is 35.8 Å². The number of para-hydroxylation sites is 1. The lowest BCUT2D eigenvalue weighted by Crippen LogP contribution is -2.41. The van der Waals surface area contributed by atoms with E-state index in [1.165, 1.54) is 9.36 Å². The third-order valence-electron chi connectivity index (χ3n) is 6.66. The third kappa shape index (κ3) is 6.00. The molecule has 0 radical (unpaired) electrons. The predicted octanol–water partition coefficient (Wildman–Crippen LogP) is 4.01. The van der Waals surface area contributed by atoms with Gasteiger partial charge in [-0.1, -0.05) is 48.3 Å². The van der Waals surface area contributed by atoms with Crippen LogP contribution in [0, 0.1) is 12.8 Å². The van der Waals surface area contributed by atoms with E-state index in [1.54, 1.807) is 49.2 Å². The standard InChI is InChI=1S/C26H28Cl2N4O6S/c1-16-8-7-11-31(14-16)23(33)15-38-26(35)19-12-22(21(28)13-20(19)27)39(36,37)29-24-17(2)30(3)32(25(24)34)18-9-5-4-6-10-18/h4-6,9-10,12-13,16,29H,7-8,11,14-15H2,1-3H3. The van der Waals surface area contributed by atoms with Gasteiger partial charge in [0.25, 0.3) is 21.5 Å². The van der Waals surface area contributed by atoms with Crippen LogP contribution in [0.3, 0.4) is 0 Å². The molecule has 0 bridgehead atoms. The number of aromatic nitrogens is 2. The maximum absolute atomic E-state index is 13.4. The Morgan fingerprint density at radius 2 is 1.82 bits per heavy atom. The molecule has 4 rings (SSSR count). The molecule has 2 heterocycles. The number of nitrogens with one attached hydrogen (secondary N) is 1. The van der Waals surface area contributed by atoms with Gasteiger partial charge in [-0.3, -0.25) is 19.0 Å². The van der Waals surface area contributed by atoms with Crippen molar-refractivity contribution in [2.75, 3.05) is 24.4 Å². The predicted molar refractivity (Wildman–Crippen MR) is 148 cm³/mol. The van der Waals surface area contributed by atoms with E-state index in [1.807, 2.05) is 6.92 Å². The van der Waals surface area contributed by atoms with E-state index >= 15 is 0 Å². The molecular weight excluding hydrogens is 567 g/mol. The summed E-state index contributed by atoms with van der Waals surface area (Å²) in [6.45, 7) is 4.29. The molecule has 0 saturated carbocycles. The molecule has 1 fully saturated rings. The van der Waals surface area contributed by atoms with Crippen molar-refractivity contribution in [1.29, 1.82) is 0 Å². The highest BCUT2D eigenvalue weighted by Crippen LogP contribution is 2.31. The molecule has 1 atom stereocenters. The molecular formula is C26H28Cl2N4O6S. The molecule has 0 aliphatic carbocycles. The van der Waals surface area contributed by atoms with E-state index in [-0.39, 0.29) is 27.2 Å². The van der Waals surface area contributed by atoms with Gasteiger partial charge in [0.05, 0.1) is 27.0 Å². The van der Waals surface area contributed by atoms with Crippen LogP contribution in [0.4, 0.5) is 5.69 Å². The van der Waals surface area contributed by atoms with Gasteiger partial charge in [0.15, 0.2) is 6.61 Å². The summed E-state index contributed by atoms with van der Waals surface area (Å²) in [7, 11) is -2.83. The molecule has 1 aliphatic heterocycles. The molecule has 2 aromatic carbocycles. The maximum atomic E-state index is 13.4. The first-order valence-corrected chi connectivity index (χ1v) is 14.5. The van der Waals surface area contributed by atoms with Crippen LogP contribution in [-0.2, 0) is 26.6 Å². The molecule has 13 heteroatoms. The average Bonchev–Trinajstić information content (AvgIpc) is 3.10. The molecule has 1 aromatic heterocycles. The Hall–Kier alpha value is -3.28. The number of amides is 1. The van der Waals surface area contributed by atoms with Gasteiger partial charge in [-0.05, 0) is 49.9 Å². The molecule has 0 spiro atoms. The molecule has 10 nitrogen and oxygen atoms in total. The number of ether oxygens (including phenoxy) is 1. The van der Waals surface area contributed by atoms with Crippen molar-refractivity contribution in [2.45, 2.75) is 31.6 Å². The second kappa shape index (κ2) is 11.4. The number of hydrogen-bond donors (Lipinski definition) is 1. The summed E-state index contributed by atoms with van der Waals surface area (Å²) in [5.41, 5.74) is -0.171. The van der Waals surface area contributed by atoms with Gasteiger partial charge in [-0.25, -0.2) is 17.9 Å². The minimum Gasteiger partial charge on any atom is -0.452 e. The second-order valence-corrected chi connectivity index (χ2v) is 11.9. The van der Waals surface area contributed by atoms with Gasteiger partial charge in [0.2, 0.25) is 0 Å². The highest BCUT2D eigenvalue weighted by molar-refractivity contribution is 7.92. The van der Waals surface area contributed by atoms with Crippen LogP contribution in [0.5, 0.6) is 0 Å². The Kier molecular flexibility index (Phi) is 8.43. The van der Waals surface area contributed by atoms with E-state index in [2.05, 4.69) is 4.72 Å². The molecule has 208 valence electrons. The summed E-state index contributed by atoms with van der Waals surface area (Å²) < 4.78 is 37.0. The van der Waals surface area contributed by atoms with Crippen LogP contribution in [0.2, 0.25) is 10.0 Å². The number of sulfonamides is 1. The topological polar surface area (TPSA) is 120 Å². The van der Waals surface area contributed by atoms with Crippen molar-refractivity contribution in [3.05, 3.63) is 74.1 Å². The van der Waals surface area contributed by atoms with Gasteiger partial charge in [-0.15, -0.1) is 0 Å². The second-order valence-electron chi connectivity index (χ2n) is 9.47. The van der Waals surface area contributed by atoms with E-state index in [0.29, 0.717) is 30.4 Å². The van der Waals surface area contributed by atoms with Gasteiger partial charge >= 0.3 is 5.97 Å². The van der Waals surface area contributed by atoms with Gasteiger partial charge in [0.1, 0.15) is 10.6 Å². The third-order valence-corrected chi connectivity index (χ3v) is 8.79. The van der Waals surface area contributed by atoms with Crippen molar-refractivity contribution in [1.82, 2.24) is 14.3 Å². The molecule has 1 saturated heterocycles. The number of esters is 1. The molecule has 3 aromatic rings. The number of carbonyl (C=O) groups is 2. The van der Waals surface area contributed by atoms with Crippen molar-refractivity contribution in [2.24, 2.45) is 13.0 Å². The first kappa shape index (κ1) is 28.7. The number of rotatable bonds is 7. The highest BCUT2D eigenvalue weighted by Gasteiger charge is 2.28. The normalized spacial score (nSPS) is 15.7. The fourth-order valence-electron chi connectivity index (χ4n) is 4.48. The van der Waals surface area contributed by atoms with Gasteiger partial charge in [0, 0.05) is 20.1 Å². The summed E-state index contributed by atoms with van der Waals surface area (Å²) in [5, 5.41) is -0.412. The lowest BCUT2D eigenvalue weighted by Gasteiger charge is -2.30. The SMILES string of the molecule is Cc1c(NS(=O)(=O)c2cc(C(=O)OCC(=O)N3CCCC(C)C3)c(Cl)cc2Cl)c(=O)n(-c2ccccc2)n1C. The van der Waals surface area contributed by atoms with E-state index in [9.17, 15) is 22.8 Å². The molecule has 1 amide bonds. The van der Waals surface area contributed by atoms with E-state index in [0.717, 1.165) is 25.0 Å². The number of nitrogens with zero attached hydrogens (tertiary/aromatic N) is 3. The number of likely N-dealkylation sites (tertiary alicyclic amines) is 1. The average molecular weight is 596 g/mol. The number of halogens is 2. The van der Waals surface area contributed by atoms with Crippen molar-refractivity contribution < 1.29 is 22.7 Å². The minimum absolute atomic E-state index is 0.148. The number of benzene rings is 2. The lowest BCUT2D eigenvalue weighted by atomic mass is 10.0. The van der Waals surface area contributed by atoms with Crippen molar-refractivity contribution in [3.63, 3.8) is 0 Å². The molecule has 1 aliphatic rings. The van der Waals surface area contributed by atoms with Crippen LogP contribution in [0.15, 0.2) is 52.2 Å². The fraction of sp³-hybridized carbons (Fsp3) is 0.346. The van der Waals surface area contributed by atoms with Crippen LogP contribution in [0.25, 0.3) is 5.69 Å². The summed E-state index contributed by atoms with van der Waals surface area (Å²) in [6.07, 6.45) is 1.90. The number of carbonyl (C=O) groups excluding carboxylic acids is 2. The zero-order valence-electron chi connectivity index (χ0n) is 21.6. The Balaban J connectivity index is 1.59. The first-order valence-electron chi connectivity index (χ1n) is 12.2. The summed E-state index contributed by atoms with van der Waals surface area (Å²) in [4.78, 5) is 39.6. The largest absolute Gasteiger partial charge is 0.452 e. The molecule has 39 heavy (non-hydrogen) atoms. The minimum atomic E-state index is -4.45. The van der Waals surface area contributed by atoms with Gasteiger partial charge in [-0.2, -0.15) is 0 Å².